The zero-order chi connectivity index (χ0) is 18.1. The van der Waals surface area contributed by atoms with E-state index < -0.39 is 11.4 Å². The molecule has 138 valence electrons. The van der Waals surface area contributed by atoms with Crippen molar-refractivity contribution in [1.29, 1.82) is 0 Å². The molecule has 2 saturated heterocycles. The van der Waals surface area contributed by atoms with E-state index in [0.29, 0.717) is 17.5 Å². The van der Waals surface area contributed by atoms with E-state index in [1.54, 1.807) is 13.3 Å². The molecule has 2 aromatic rings. The minimum atomic E-state index is -0.465. The molecule has 2 aromatic heterocycles. The van der Waals surface area contributed by atoms with Crippen LogP contribution in [0.1, 0.15) is 36.9 Å². The van der Waals surface area contributed by atoms with Gasteiger partial charge in [0.2, 0.25) is 0 Å². The number of aromatic nitrogens is 2. The van der Waals surface area contributed by atoms with Crippen molar-refractivity contribution >= 4 is 28.2 Å². The average Bonchev–Trinajstić information content (AvgIpc) is 3.36. The molecule has 2 aliphatic heterocycles. The Labute approximate surface area is 156 Å². The maximum Gasteiger partial charge on any atom is 0.168 e. The molecule has 2 bridgehead atoms. The minimum absolute atomic E-state index is 0.0948. The maximum atomic E-state index is 15.1. The van der Waals surface area contributed by atoms with E-state index in [1.807, 2.05) is 6.92 Å². The molecule has 26 heavy (non-hydrogen) atoms. The van der Waals surface area contributed by atoms with Gasteiger partial charge < -0.3 is 15.0 Å². The quantitative estimate of drug-likeness (QED) is 0.833. The molecule has 0 aromatic carbocycles. The zero-order valence-corrected chi connectivity index (χ0v) is 15.7. The molecule has 1 saturated carbocycles. The highest BCUT2D eigenvalue weighted by Gasteiger charge is 2.48. The number of ether oxygens (including phenoxy) is 1. The average molecular weight is 377 g/mol. The Kier molecular flexibility index (Phi) is 3.68. The van der Waals surface area contributed by atoms with Crippen molar-refractivity contribution in [3.8, 4) is 0 Å². The minimum Gasteiger partial charge on any atom is -0.373 e. The highest BCUT2D eigenvalue weighted by Crippen LogP contribution is 2.53. The number of anilines is 1. The second-order valence-electron chi connectivity index (χ2n) is 7.79. The molecule has 0 radical (unpaired) electrons. The molecule has 2 atom stereocenters. The number of hydrogen-bond acceptors (Lipinski definition) is 5. The Morgan fingerprint density at radius 3 is 2.62 bits per heavy atom. The van der Waals surface area contributed by atoms with Crippen LogP contribution in [-0.4, -0.2) is 42.3 Å². The van der Waals surface area contributed by atoms with E-state index >= 15 is 4.39 Å². The van der Waals surface area contributed by atoms with Crippen LogP contribution < -0.4 is 10.2 Å². The largest absolute Gasteiger partial charge is 0.373 e. The lowest BCUT2D eigenvalue weighted by Gasteiger charge is -2.35. The summed E-state index contributed by atoms with van der Waals surface area (Å²) in [4.78, 5) is 11.3. The van der Waals surface area contributed by atoms with E-state index in [2.05, 4.69) is 15.2 Å². The van der Waals surface area contributed by atoms with E-state index in [0.717, 1.165) is 48.4 Å². The van der Waals surface area contributed by atoms with Crippen molar-refractivity contribution in [1.82, 2.24) is 15.3 Å². The number of aryl methyl sites for hydroxylation is 1. The SMILES string of the molecule is COC1(c2c(C)nc(N3CC4CCC(C3)N4)c3cnc(Cl)c(F)c23)CC1. The standard InChI is InChI=1S/C19H22ClFN4O/c1-10-15(19(26-2)5-6-19)14-13(7-22-17(20)16(14)21)18(23-10)25-8-11-3-4-12(9-25)24-11/h7,11-12,24H,3-6,8-9H2,1-2H3. The first-order chi connectivity index (χ1) is 12.5. The molecule has 5 nitrogen and oxygen atoms in total. The fourth-order valence-electron chi connectivity index (χ4n) is 4.77. The summed E-state index contributed by atoms with van der Waals surface area (Å²) >= 11 is 6.05. The molecule has 1 N–H and O–H groups in total. The lowest BCUT2D eigenvalue weighted by Crippen LogP contribution is -2.51. The van der Waals surface area contributed by atoms with Crippen molar-refractivity contribution in [3.63, 3.8) is 0 Å². The molecule has 3 aliphatic rings. The Hall–Kier alpha value is -1.50. The van der Waals surface area contributed by atoms with Crippen molar-refractivity contribution in [3.05, 3.63) is 28.4 Å². The first-order valence-corrected chi connectivity index (χ1v) is 9.61. The van der Waals surface area contributed by atoms with Crippen LogP contribution in [0, 0.1) is 12.7 Å². The second-order valence-corrected chi connectivity index (χ2v) is 8.15. The number of methoxy groups -OCH3 is 1. The van der Waals surface area contributed by atoms with Crippen molar-refractivity contribution in [2.45, 2.75) is 50.3 Å². The van der Waals surface area contributed by atoms with Crippen LogP contribution in [0.4, 0.5) is 10.2 Å². The molecular formula is C19H22ClFN4O. The summed E-state index contributed by atoms with van der Waals surface area (Å²) in [7, 11) is 1.68. The van der Waals surface area contributed by atoms with Gasteiger partial charge >= 0.3 is 0 Å². The lowest BCUT2D eigenvalue weighted by atomic mass is 9.98. The van der Waals surface area contributed by atoms with Gasteiger partial charge in [-0.3, -0.25) is 0 Å². The van der Waals surface area contributed by atoms with Crippen molar-refractivity contribution < 1.29 is 9.13 Å². The third-order valence-electron chi connectivity index (χ3n) is 6.17. The smallest absolute Gasteiger partial charge is 0.168 e. The summed E-state index contributed by atoms with van der Waals surface area (Å²) in [5.41, 5.74) is 1.21. The molecule has 0 amide bonds. The number of pyridine rings is 2. The summed E-state index contributed by atoms with van der Waals surface area (Å²) in [5.74, 6) is 0.349. The number of nitrogens with zero attached hydrogens (tertiary/aromatic N) is 3. The third kappa shape index (κ3) is 2.35. The summed E-state index contributed by atoms with van der Waals surface area (Å²) in [5, 5.41) is 4.79. The normalized spacial score (nSPS) is 26.5. The Morgan fingerprint density at radius 2 is 2.00 bits per heavy atom. The Morgan fingerprint density at radius 1 is 1.31 bits per heavy atom. The number of halogens is 2. The van der Waals surface area contributed by atoms with Crippen LogP contribution in [-0.2, 0) is 10.3 Å². The number of piperazine rings is 1. The number of nitrogens with one attached hydrogen (secondary N) is 1. The highest BCUT2D eigenvalue weighted by molar-refractivity contribution is 6.30. The summed E-state index contributed by atoms with van der Waals surface area (Å²) in [6.45, 7) is 3.72. The molecule has 0 spiro atoms. The van der Waals surface area contributed by atoms with Gasteiger partial charge in [0.1, 0.15) is 5.82 Å². The summed E-state index contributed by atoms with van der Waals surface area (Å²) in [6, 6.07) is 0.953. The zero-order valence-electron chi connectivity index (χ0n) is 15.0. The van der Waals surface area contributed by atoms with Crippen LogP contribution in [0.3, 0.4) is 0 Å². The molecule has 4 heterocycles. The predicted molar refractivity (Wildman–Crippen MR) is 99.3 cm³/mol. The van der Waals surface area contributed by atoms with Gasteiger partial charge in [-0.15, -0.1) is 0 Å². The van der Waals surface area contributed by atoms with E-state index in [-0.39, 0.29) is 5.15 Å². The van der Waals surface area contributed by atoms with Gasteiger partial charge in [0.05, 0.1) is 5.60 Å². The number of rotatable bonds is 3. The predicted octanol–water partition coefficient (Wildman–Crippen LogP) is 3.31. The number of hydrogen-bond donors (Lipinski definition) is 1. The fourth-order valence-corrected chi connectivity index (χ4v) is 4.92. The topological polar surface area (TPSA) is 50.3 Å². The molecule has 3 fully saturated rings. The van der Waals surface area contributed by atoms with Crippen molar-refractivity contribution in [2.75, 3.05) is 25.1 Å². The molecule has 1 aliphatic carbocycles. The molecular weight excluding hydrogens is 355 g/mol. The third-order valence-corrected chi connectivity index (χ3v) is 6.43. The van der Waals surface area contributed by atoms with Gasteiger partial charge in [-0.1, -0.05) is 11.6 Å². The molecule has 2 unspecified atom stereocenters. The summed E-state index contributed by atoms with van der Waals surface area (Å²) in [6.07, 6.45) is 5.78. The highest BCUT2D eigenvalue weighted by atomic mass is 35.5. The summed E-state index contributed by atoms with van der Waals surface area (Å²) < 4.78 is 20.9. The number of fused-ring (bicyclic) bond motifs is 3. The first kappa shape index (κ1) is 16.7. The maximum absolute atomic E-state index is 15.1. The second kappa shape index (κ2) is 5.75. The van der Waals surface area contributed by atoms with E-state index in [1.165, 1.54) is 12.8 Å². The van der Waals surface area contributed by atoms with Gasteiger partial charge in [0, 0.05) is 60.5 Å². The fraction of sp³-hybridized carbons (Fsp3) is 0.579. The monoisotopic (exact) mass is 376 g/mol. The van der Waals surface area contributed by atoms with E-state index in [4.69, 9.17) is 21.3 Å². The molecule has 7 heteroatoms. The van der Waals surface area contributed by atoms with Crippen LogP contribution in [0.15, 0.2) is 6.20 Å². The van der Waals surface area contributed by atoms with Crippen LogP contribution in [0.5, 0.6) is 0 Å². The van der Waals surface area contributed by atoms with Crippen LogP contribution >= 0.6 is 11.6 Å². The van der Waals surface area contributed by atoms with Crippen molar-refractivity contribution in [2.24, 2.45) is 0 Å². The van der Waals surface area contributed by atoms with Gasteiger partial charge in [0.25, 0.3) is 0 Å². The van der Waals surface area contributed by atoms with Crippen LogP contribution in [0.2, 0.25) is 5.15 Å². The van der Waals surface area contributed by atoms with E-state index in [9.17, 15) is 0 Å². The lowest BCUT2D eigenvalue weighted by molar-refractivity contribution is 0.0792. The van der Waals surface area contributed by atoms with Gasteiger partial charge in [-0.2, -0.15) is 0 Å². The van der Waals surface area contributed by atoms with Gasteiger partial charge in [-0.25, -0.2) is 14.4 Å². The Balaban J connectivity index is 1.74. The van der Waals surface area contributed by atoms with Crippen LogP contribution in [0.25, 0.3) is 10.8 Å². The molecule has 5 rings (SSSR count). The van der Waals surface area contributed by atoms with Gasteiger partial charge in [-0.05, 0) is 32.6 Å². The Bertz CT molecular complexity index is 889. The van der Waals surface area contributed by atoms with Gasteiger partial charge in [0.15, 0.2) is 11.0 Å². The first-order valence-electron chi connectivity index (χ1n) is 9.23.